The Balaban J connectivity index is 1.67. The van der Waals surface area contributed by atoms with Crippen molar-refractivity contribution in [3.8, 4) is 10.6 Å². The van der Waals surface area contributed by atoms with Gasteiger partial charge in [-0.2, -0.15) is 0 Å². The number of nitrogens with one attached hydrogen (secondary N) is 3. The van der Waals surface area contributed by atoms with Crippen LogP contribution in [0.5, 0.6) is 0 Å². The highest BCUT2D eigenvalue weighted by Crippen LogP contribution is 2.35. The van der Waals surface area contributed by atoms with Crippen molar-refractivity contribution in [2.75, 3.05) is 17.7 Å². The van der Waals surface area contributed by atoms with E-state index in [4.69, 9.17) is 4.98 Å². The second-order valence-electron chi connectivity index (χ2n) is 7.39. The number of benzene rings is 1. The Morgan fingerprint density at radius 3 is 2.77 bits per heavy atom. The normalized spacial score (nSPS) is 11.2. The number of aryl methyl sites for hydroxylation is 1. The molecule has 8 heteroatoms. The third kappa shape index (κ3) is 4.39. The van der Waals surface area contributed by atoms with E-state index in [1.807, 2.05) is 43.7 Å². The monoisotopic (exact) mass is 419 g/mol. The second kappa shape index (κ2) is 8.73. The predicted octanol–water partition coefficient (Wildman–Crippen LogP) is 4.74. The maximum atomic E-state index is 4.78. The summed E-state index contributed by atoms with van der Waals surface area (Å²) in [5.41, 5.74) is 4.93. The number of fused-ring (bicyclic) bond motifs is 1. The van der Waals surface area contributed by atoms with Crippen molar-refractivity contribution in [1.82, 2.24) is 25.3 Å². The molecule has 0 bridgehead atoms. The fourth-order valence-corrected chi connectivity index (χ4v) is 4.30. The van der Waals surface area contributed by atoms with Crippen LogP contribution in [0.3, 0.4) is 0 Å². The van der Waals surface area contributed by atoms with Crippen molar-refractivity contribution in [2.45, 2.75) is 33.4 Å². The Hall–Kier alpha value is -3.10. The van der Waals surface area contributed by atoms with E-state index in [0.29, 0.717) is 0 Å². The second-order valence-corrected chi connectivity index (χ2v) is 8.48. The molecule has 0 fully saturated rings. The van der Waals surface area contributed by atoms with Gasteiger partial charge in [0, 0.05) is 52.7 Å². The lowest BCUT2D eigenvalue weighted by Crippen LogP contribution is -2.11. The number of rotatable bonds is 7. The van der Waals surface area contributed by atoms with Crippen LogP contribution in [0.4, 0.5) is 17.2 Å². The first kappa shape index (κ1) is 20.2. The SMILES string of the molecule is CNCc1sc(-c2cnc(Nc3ccc4ncncc4c3)cc2NC(C)C)nc1C. The minimum atomic E-state index is 0.287. The van der Waals surface area contributed by atoms with E-state index in [-0.39, 0.29) is 6.04 Å². The van der Waals surface area contributed by atoms with Gasteiger partial charge in [-0.3, -0.25) is 0 Å². The maximum absolute atomic E-state index is 4.78. The molecule has 0 spiro atoms. The van der Waals surface area contributed by atoms with Crippen LogP contribution in [0.2, 0.25) is 0 Å². The van der Waals surface area contributed by atoms with E-state index in [9.17, 15) is 0 Å². The zero-order chi connectivity index (χ0) is 21.1. The molecule has 0 radical (unpaired) electrons. The smallest absolute Gasteiger partial charge is 0.132 e. The molecular weight excluding hydrogens is 394 g/mol. The molecule has 0 saturated heterocycles. The molecule has 30 heavy (non-hydrogen) atoms. The molecule has 0 aliphatic heterocycles. The van der Waals surface area contributed by atoms with E-state index in [1.165, 1.54) is 4.88 Å². The molecule has 4 aromatic rings. The highest BCUT2D eigenvalue weighted by molar-refractivity contribution is 7.15. The Morgan fingerprint density at radius 1 is 1.10 bits per heavy atom. The fourth-order valence-electron chi connectivity index (χ4n) is 3.20. The lowest BCUT2D eigenvalue weighted by Gasteiger charge is -2.15. The first-order valence-electron chi connectivity index (χ1n) is 9.88. The standard InChI is InChI=1S/C22H25N7S/c1-13(2)27-19-8-21(29-16-5-6-18-15(7-16)9-24-12-26-18)25-10-17(19)22-28-14(3)20(30-22)11-23-4/h5-10,12-13,23H,11H2,1-4H3,(H2,25,27,29). The molecule has 0 saturated carbocycles. The molecule has 0 aliphatic carbocycles. The van der Waals surface area contributed by atoms with E-state index in [1.54, 1.807) is 17.7 Å². The fraction of sp³-hybridized carbons (Fsp3) is 0.273. The van der Waals surface area contributed by atoms with Gasteiger partial charge in [0.2, 0.25) is 0 Å². The van der Waals surface area contributed by atoms with Crippen molar-refractivity contribution >= 4 is 39.4 Å². The van der Waals surface area contributed by atoms with Gasteiger partial charge in [-0.15, -0.1) is 11.3 Å². The molecular formula is C22H25N7S. The van der Waals surface area contributed by atoms with Crippen molar-refractivity contribution in [3.05, 3.63) is 53.6 Å². The van der Waals surface area contributed by atoms with E-state index < -0.39 is 0 Å². The molecule has 0 atom stereocenters. The molecule has 4 rings (SSSR count). The van der Waals surface area contributed by atoms with Crippen LogP contribution in [0.25, 0.3) is 21.5 Å². The third-order valence-corrected chi connectivity index (χ3v) is 5.78. The minimum absolute atomic E-state index is 0.287. The molecule has 3 N–H and O–H groups in total. The van der Waals surface area contributed by atoms with E-state index in [2.05, 4.69) is 51.7 Å². The average Bonchev–Trinajstić information content (AvgIpc) is 3.08. The number of hydrogen-bond acceptors (Lipinski definition) is 8. The zero-order valence-corrected chi connectivity index (χ0v) is 18.3. The van der Waals surface area contributed by atoms with Gasteiger partial charge in [0.15, 0.2) is 0 Å². The summed E-state index contributed by atoms with van der Waals surface area (Å²) in [5, 5.41) is 12.1. The third-order valence-electron chi connectivity index (χ3n) is 4.59. The van der Waals surface area contributed by atoms with Gasteiger partial charge in [0.25, 0.3) is 0 Å². The van der Waals surface area contributed by atoms with Crippen LogP contribution in [0, 0.1) is 6.92 Å². The van der Waals surface area contributed by atoms with Crippen LogP contribution in [0.1, 0.15) is 24.4 Å². The summed E-state index contributed by atoms with van der Waals surface area (Å²) in [6, 6.07) is 8.32. The number of thiazole rings is 1. The first-order valence-corrected chi connectivity index (χ1v) is 10.7. The largest absolute Gasteiger partial charge is 0.382 e. The zero-order valence-electron chi connectivity index (χ0n) is 17.5. The van der Waals surface area contributed by atoms with Gasteiger partial charge < -0.3 is 16.0 Å². The summed E-state index contributed by atoms with van der Waals surface area (Å²) in [4.78, 5) is 19.0. The van der Waals surface area contributed by atoms with Crippen LogP contribution < -0.4 is 16.0 Å². The summed E-state index contributed by atoms with van der Waals surface area (Å²) in [6.07, 6.45) is 5.25. The number of aromatic nitrogens is 4. The predicted molar refractivity (Wildman–Crippen MR) is 124 cm³/mol. The minimum Gasteiger partial charge on any atom is -0.382 e. The summed E-state index contributed by atoms with van der Waals surface area (Å²) in [7, 11) is 1.95. The summed E-state index contributed by atoms with van der Waals surface area (Å²) < 4.78 is 0. The summed E-state index contributed by atoms with van der Waals surface area (Å²) in [5.74, 6) is 0.766. The Kier molecular flexibility index (Phi) is 5.87. The average molecular weight is 420 g/mol. The van der Waals surface area contributed by atoms with Gasteiger partial charge in [-0.1, -0.05) is 0 Å². The lowest BCUT2D eigenvalue weighted by atomic mass is 10.2. The highest BCUT2D eigenvalue weighted by Gasteiger charge is 2.15. The van der Waals surface area contributed by atoms with Crippen molar-refractivity contribution < 1.29 is 0 Å². The summed E-state index contributed by atoms with van der Waals surface area (Å²) in [6.45, 7) is 7.12. The number of nitrogens with zero attached hydrogens (tertiary/aromatic N) is 4. The van der Waals surface area contributed by atoms with Gasteiger partial charge in [0.1, 0.15) is 17.2 Å². The Morgan fingerprint density at radius 2 is 1.97 bits per heavy atom. The molecule has 1 aromatic carbocycles. The van der Waals surface area contributed by atoms with E-state index in [0.717, 1.165) is 50.9 Å². The molecule has 0 unspecified atom stereocenters. The van der Waals surface area contributed by atoms with E-state index >= 15 is 0 Å². The first-order chi connectivity index (χ1) is 14.5. The molecule has 3 heterocycles. The van der Waals surface area contributed by atoms with Gasteiger partial charge in [-0.25, -0.2) is 19.9 Å². The number of pyridine rings is 1. The topological polar surface area (TPSA) is 87.7 Å². The van der Waals surface area contributed by atoms with Gasteiger partial charge in [0.05, 0.1) is 16.8 Å². The number of hydrogen-bond donors (Lipinski definition) is 3. The molecule has 0 aliphatic rings. The van der Waals surface area contributed by atoms with Crippen LogP contribution in [-0.4, -0.2) is 33.0 Å². The van der Waals surface area contributed by atoms with Crippen LogP contribution in [-0.2, 0) is 6.54 Å². The van der Waals surface area contributed by atoms with Gasteiger partial charge >= 0.3 is 0 Å². The lowest BCUT2D eigenvalue weighted by molar-refractivity contribution is 0.823. The molecule has 3 aromatic heterocycles. The number of anilines is 3. The molecule has 154 valence electrons. The molecule has 0 amide bonds. The van der Waals surface area contributed by atoms with Crippen molar-refractivity contribution in [1.29, 1.82) is 0 Å². The quantitative estimate of drug-likeness (QED) is 0.399. The van der Waals surface area contributed by atoms with Gasteiger partial charge in [-0.05, 0) is 46.0 Å². The highest BCUT2D eigenvalue weighted by atomic mass is 32.1. The maximum Gasteiger partial charge on any atom is 0.132 e. The Labute approximate surface area is 180 Å². The van der Waals surface area contributed by atoms with Crippen molar-refractivity contribution in [3.63, 3.8) is 0 Å². The Bertz CT molecular complexity index is 1170. The summed E-state index contributed by atoms with van der Waals surface area (Å²) >= 11 is 1.70. The molecule has 7 nitrogen and oxygen atoms in total. The van der Waals surface area contributed by atoms with Crippen LogP contribution in [0.15, 0.2) is 43.0 Å². The van der Waals surface area contributed by atoms with Crippen LogP contribution >= 0.6 is 11.3 Å². The van der Waals surface area contributed by atoms with Crippen molar-refractivity contribution in [2.24, 2.45) is 0 Å².